The summed E-state index contributed by atoms with van der Waals surface area (Å²) in [6.45, 7) is 1.97. The van der Waals surface area contributed by atoms with Crippen LogP contribution in [-0.2, 0) is 0 Å². The van der Waals surface area contributed by atoms with E-state index in [0.717, 1.165) is 11.3 Å². The zero-order valence-electron chi connectivity index (χ0n) is 13.4. The summed E-state index contributed by atoms with van der Waals surface area (Å²) in [6.07, 6.45) is 3.79. The quantitative estimate of drug-likeness (QED) is 0.657. The van der Waals surface area contributed by atoms with E-state index in [2.05, 4.69) is 15.5 Å². The zero-order chi connectivity index (χ0) is 16.7. The summed E-state index contributed by atoms with van der Waals surface area (Å²) in [5.41, 5.74) is 4.67. The Labute approximate surface area is 135 Å². The molecule has 1 amide bonds. The van der Waals surface area contributed by atoms with Crippen LogP contribution in [0.25, 0.3) is 0 Å². The predicted octanol–water partition coefficient (Wildman–Crippen LogP) is 2.64. The van der Waals surface area contributed by atoms with E-state index in [-0.39, 0.29) is 5.91 Å². The SMILES string of the molecule is CC/C(=N\NC(=O)c1ccncc1)c1ccc(OC)c(OC)c1. The van der Waals surface area contributed by atoms with Gasteiger partial charge in [-0.3, -0.25) is 9.78 Å². The lowest BCUT2D eigenvalue weighted by Gasteiger charge is -2.10. The Balaban J connectivity index is 2.20. The maximum atomic E-state index is 12.0. The molecule has 2 rings (SSSR count). The van der Waals surface area contributed by atoms with Crippen molar-refractivity contribution in [1.29, 1.82) is 0 Å². The third kappa shape index (κ3) is 4.06. The van der Waals surface area contributed by atoms with Gasteiger partial charge in [-0.1, -0.05) is 6.92 Å². The first-order chi connectivity index (χ1) is 11.2. The molecular formula is C17H19N3O3. The minimum absolute atomic E-state index is 0.279. The van der Waals surface area contributed by atoms with Gasteiger partial charge < -0.3 is 9.47 Å². The minimum Gasteiger partial charge on any atom is -0.493 e. The Morgan fingerprint density at radius 2 is 1.78 bits per heavy atom. The van der Waals surface area contributed by atoms with Crippen LogP contribution in [0.15, 0.2) is 47.8 Å². The number of benzene rings is 1. The number of carbonyl (C=O) groups excluding carboxylic acids is 1. The molecule has 0 spiro atoms. The van der Waals surface area contributed by atoms with Gasteiger partial charge in [-0.2, -0.15) is 5.10 Å². The summed E-state index contributed by atoms with van der Waals surface area (Å²) in [6, 6.07) is 8.78. The van der Waals surface area contributed by atoms with Crippen LogP contribution in [0.3, 0.4) is 0 Å². The summed E-state index contributed by atoms with van der Waals surface area (Å²) in [5, 5.41) is 4.22. The minimum atomic E-state index is -0.279. The van der Waals surface area contributed by atoms with Gasteiger partial charge in [0, 0.05) is 23.5 Å². The van der Waals surface area contributed by atoms with Gasteiger partial charge >= 0.3 is 0 Å². The first-order valence-electron chi connectivity index (χ1n) is 7.19. The standard InChI is InChI=1S/C17H19N3O3/c1-4-14(13-5-6-15(22-2)16(11-13)23-3)19-20-17(21)12-7-9-18-10-8-12/h5-11H,4H2,1-3H3,(H,20,21)/b19-14+. The summed E-state index contributed by atoms with van der Waals surface area (Å²) in [4.78, 5) is 15.9. The van der Waals surface area contributed by atoms with Crippen LogP contribution in [0.4, 0.5) is 0 Å². The molecule has 0 saturated heterocycles. The molecule has 0 unspecified atom stereocenters. The number of amides is 1. The fourth-order valence-electron chi connectivity index (χ4n) is 2.05. The molecule has 23 heavy (non-hydrogen) atoms. The molecule has 0 aliphatic rings. The van der Waals surface area contributed by atoms with Gasteiger partial charge in [-0.05, 0) is 36.8 Å². The van der Waals surface area contributed by atoms with Gasteiger partial charge in [0.15, 0.2) is 11.5 Å². The van der Waals surface area contributed by atoms with Crippen molar-refractivity contribution in [3.8, 4) is 11.5 Å². The molecule has 6 heteroatoms. The number of pyridine rings is 1. The van der Waals surface area contributed by atoms with Crippen LogP contribution >= 0.6 is 0 Å². The van der Waals surface area contributed by atoms with E-state index in [1.54, 1.807) is 38.7 Å². The number of carbonyl (C=O) groups is 1. The van der Waals surface area contributed by atoms with E-state index in [1.165, 1.54) is 0 Å². The van der Waals surface area contributed by atoms with Crippen molar-refractivity contribution in [2.24, 2.45) is 5.10 Å². The van der Waals surface area contributed by atoms with Crippen LogP contribution in [0.1, 0.15) is 29.3 Å². The van der Waals surface area contributed by atoms with Crippen LogP contribution < -0.4 is 14.9 Å². The topological polar surface area (TPSA) is 72.8 Å². The Morgan fingerprint density at radius 3 is 2.39 bits per heavy atom. The van der Waals surface area contributed by atoms with Crippen LogP contribution in [0.5, 0.6) is 11.5 Å². The van der Waals surface area contributed by atoms with Gasteiger partial charge in [0.05, 0.1) is 19.9 Å². The highest BCUT2D eigenvalue weighted by molar-refractivity contribution is 6.02. The molecule has 0 saturated carbocycles. The highest BCUT2D eigenvalue weighted by Gasteiger charge is 2.09. The van der Waals surface area contributed by atoms with E-state index in [4.69, 9.17) is 9.47 Å². The first kappa shape index (κ1) is 16.5. The van der Waals surface area contributed by atoms with Crippen molar-refractivity contribution < 1.29 is 14.3 Å². The molecule has 1 aromatic carbocycles. The van der Waals surface area contributed by atoms with Gasteiger partial charge in [-0.25, -0.2) is 5.43 Å². The molecule has 120 valence electrons. The van der Waals surface area contributed by atoms with E-state index in [9.17, 15) is 4.79 Å². The molecule has 1 N–H and O–H groups in total. The summed E-state index contributed by atoms with van der Waals surface area (Å²) < 4.78 is 10.5. The van der Waals surface area contributed by atoms with Gasteiger partial charge in [0.2, 0.25) is 0 Å². The smallest absolute Gasteiger partial charge is 0.271 e. The molecule has 0 fully saturated rings. The predicted molar refractivity (Wildman–Crippen MR) is 88.1 cm³/mol. The fourth-order valence-corrected chi connectivity index (χ4v) is 2.05. The maximum absolute atomic E-state index is 12.0. The lowest BCUT2D eigenvalue weighted by molar-refractivity contribution is 0.0954. The molecule has 6 nitrogen and oxygen atoms in total. The molecule has 2 aromatic rings. The number of ether oxygens (including phenoxy) is 2. The van der Waals surface area contributed by atoms with Crippen molar-refractivity contribution >= 4 is 11.6 Å². The average molecular weight is 313 g/mol. The van der Waals surface area contributed by atoms with Crippen LogP contribution in [0, 0.1) is 0 Å². The van der Waals surface area contributed by atoms with Crippen LogP contribution in [-0.4, -0.2) is 30.8 Å². The second-order valence-corrected chi connectivity index (χ2v) is 4.66. The number of rotatable bonds is 6. The first-order valence-corrected chi connectivity index (χ1v) is 7.19. The van der Waals surface area contributed by atoms with Gasteiger partial charge in [0.25, 0.3) is 5.91 Å². The highest BCUT2D eigenvalue weighted by atomic mass is 16.5. The summed E-state index contributed by atoms with van der Waals surface area (Å²) in [5.74, 6) is 0.984. The third-order valence-electron chi connectivity index (χ3n) is 3.29. The Bertz CT molecular complexity index is 699. The van der Waals surface area contributed by atoms with E-state index in [1.807, 2.05) is 25.1 Å². The fraction of sp³-hybridized carbons (Fsp3) is 0.235. The average Bonchev–Trinajstić information content (AvgIpc) is 2.62. The Morgan fingerprint density at radius 1 is 1.09 bits per heavy atom. The number of nitrogens with one attached hydrogen (secondary N) is 1. The number of hydrogen-bond donors (Lipinski definition) is 1. The number of hydrogen-bond acceptors (Lipinski definition) is 5. The van der Waals surface area contributed by atoms with E-state index >= 15 is 0 Å². The molecule has 1 heterocycles. The Hall–Kier alpha value is -2.89. The summed E-state index contributed by atoms with van der Waals surface area (Å²) >= 11 is 0. The molecule has 0 bridgehead atoms. The van der Waals surface area contributed by atoms with Crippen molar-refractivity contribution in [2.75, 3.05) is 14.2 Å². The monoisotopic (exact) mass is 313 g/mol. The largest absolute Gasteiger partial charge is 0.493 e. The molecule has 0 radical (unpaired) electrons. The molecule has 1 aromatic heterocycles. The van der Waals surface area contributed by atoms with E-state index < -0.39 is 0 Å². The van der Waals surface area contributed by atoms with E-state index in [0.29, 0.717) is 23.5 Å². The van der Waals surface area contributed by atoms with Crippen molar-refractivity contribution in [2.45, 2.75) is 13.3 Å². The normalized spacial score (nSPS) is 11.0. The maximum Gasteiger partial charge on any atom is 0.271 e. The Kier molecular flexibility index (Phi) is 5.68. The lowest BCUT2D eigenvalue weighted by atomic mass is 10.1. The number of nitrogens with zero attached hydrogens (tertiary/aromatic N) is 2. The molecule has 0 aliphatic carbocycles. The van der Waals surface area contributed by atoms with Crippen molar-refractivity contribution in [1.82, 2.24) is 10.4 Å². The summed E-state index contributed by atoms with van der Waals surface area (Å²) in [7, 11) is 3.16. The molecule has 0 atom stereocenters. The highest BCUT2D eigenvalue weighted by Crippen LogP contribution is 2.28. The van der Waals surface area contributed by atoms with Crippen LogP contribution in [0.2, 0.25) is 0 Å². The second-order valence-electron chi connectivity index (χ2n) is 4.66. The van der Waals surface area contributed by atoms with Crippen molar-refractivity contribution in [3.63, 3.8) is 0 Å². The number of methoxy groups -OCH3 is 2. The van der Waals surface area contributed by atoms with Gasteiger partial charge in [-0.15, -0.1) is 0 Å². The third-order valence-corrected chi connectivity index (χ3v) is 3.29. The number of hydrazone groups is 1. The molecule has 0 aliphatic heterocycles. The zero-order valence-corrected chi connectivity index (χ0v) is 13.4. The van der Waals surface area contributed by atoms with Gasteiger partial charge in [0.1, 0.15) is 0 Å². The second kappa shape index (κ2) is 7.93. The lowest BCUT2D eigenvalue weighted by Crippen LogP contribution is -2.20. The molecular weight excluding hydrogens is 294 g/mol. The van der Waals surface area contributed by atoms with Crippen molar-refractivity contribution in [3.05, 3.63) is 53.9 Å². The number of aromatic nitrogens is 1.